The van der Waals surface area contributed by atoms with Gasteiger partial charge in [-0.15, -0.1) is 11.3 Å². The van der Waals surface area contributed by atoms with E-state index in [4.69, 9.17) is 14.7 Å². The molecule has 0 bridgehead atoms. The molecular formula is C41H28N4OS. The van der Waals surface area contributed by atoms with Crippen molar-refractivity contribution in [2.75, 3.05) is 4.90 Å². The fourth-order valence-electron chi connectivity index (χ4n) is 7.56. The van der Waals surface area contributed by atoms with Crippen molar-refractivity contribution < 1.29 is 4.74 Å². The van der Waals surface area contributed by atoms with Crippen LogP contribution in [0.25, 0.3) is 47.5 Å². The van der Waals surface area contributed by atoms with E-state index in [1.807, 2.05) is 41.9 Å². The second-order valence-corrected chi connectivity index (χ2v) is 13.8. The molecule has 9 aromatic rings. The van der Waals surface area contributed by atoms with Gasteiger partial charge in [-0.1, -0.05) is 68.4 Å². The molecule has 0 spiro atoms. The van der Waals surface area contributed by atoms with Crippen molar-refractivity contribution in [3.63, 3.8) is 0 Å². The molecule has 0 radical (unpaired) electrons. The summed E-state index contributed by atoms with van der Waals surface area (Å²) in [5, 5.41) is 5.98. The van der Waals surface area contributed by atoms with Crippen LogP contribution in [0.5, 0.6) is 11.5 Å². The number of hydrogen-bond donors (Lipinski definition) is 0. The first-order valence-electron chi connectivity index (χ1n) is 15.8. The number of anilines is 3. The maximum Gasteiger partial charge on any atom is 0.145 e. The van der Waals surface area contributed by atoms with E-state index in [-0.39, 0.29) is 5.41 Å². The normalized spacial score (nSPS) is 13.9. The summed E-state index contributed by atoms with van der Waals surface area (Å²) in [6.07, 6.45) is 5.84. The summed E-state index contributed by atoms with van der Waals surface area (Å²) < 4.78 is 11.4. The van der Waals surface area contributed by atoms with Crippen LogP contribution in [0, 0.1) is 0 Å². The fraction of sp³-hybridized carbons (Fsp3) is 0.0732. The molecular weight excluding hydrogens is 597 g/mol. The minimum absolute atomic E-state index is 0.166. The number of rotatable bonds is 3. The minimum atomic E-state index is -0.166. The fourth-order valence-corrected chi connectivity index (χ4v) is 8.67. The third-order valence-corrected chi connectivity index (χ3v) is 10.9. The van der Waals surface area contributed by atoms with Crippen LogP contribution in [0.2, 0.25) is 0 Å². The van der Waals surface area contributed by atoms with E-state index in [0.717, 1.165) is 45.1 Å². The first-order valence-corrected chi connectivity index (χ1v) is 16.6. The Morgan fingerprint density at radius 3 is 2.43 bits per heavy atom. The van der Waals surface area contributed by atoms with Gasteiger partial charge in [0.05, 0.1) is 16.9 Å². The van der Waals surface area contributed by atoms with Crippen LogP contribution in [0.3, 0.4) is 0 Å². The number of aromatic nitrogens is 3. The van der Waals surface area contributed by atoms with E-state index >= 15 is 0 Å². The van der Waals surface area contributed by atoms with Gasteiger partial charge >= 0.3 is 0 Å². The zero-order chi connectivity index (χ0) is 31.3. The Hall–Kier alpha value is -5.72. The summed E-state index contributed by atoms with van der Waals surface area (Å²) in [5.74, 6) is 2.47. The van der Waals surface area contributed by atoms with Crippen molar-refractivity contribution in [1.29, 1.82) is 0 Å². The third kappa shape index (κ3) is 3.76. The predicted octanol–water partition coefficient (Wildman–Crippen LogP) is 11.3. The standard InChI is InChI=1S/C41H28N4OS/c1-41(2)32-12-4-5-14-34(32)45(40-33(41)13-8-20-42-40)25-9-7-10-26(23-25)46-27-16-17-28-29-18-19-36-37(30-11-3-6-15-35(30)47-36)38(29)44-22-21-43-39(44)31(28)24-27/h3-24H,1-2H3. The van der Waals surface area contributed by atoms with Crippen LogP contribution in [-0.4, -0.2) is 14.4 Å². The van der Waals surface area contributed by atoms with E-state index < -0.39 is 0 Å². The van der Waals surface area contributed by atoms with Crippen LogP contribution in [0.1, 0.15) is 25.0 Å². The van der Waals surface area contributed by atoms with E-state index in [1.165, 1.54) is 42.2 Å². The van der Waals surface area contributed by atoms with Crippen molar-refractivity contribution in [2.24, 2.45) is 0 Å². The van der Waals surface area contributed by atoms with Crippen LogP contribution < -0.4 is 9.64 Å². The maximum absolute atomic E-state index is 6.61. The van der Waals surface area contributed by atoms with Crippen molar-refractivity contribution >= 4 is 76.0 Å². The number of benzene rings is 5. The van der Waals surface area contributed by atoms with E-state index in [1.54, 1.807) is 0 Å². The van der Waals surface area contributed by atoms with Crippen LogP contribution >= 0.6 is 11.3 Å². The zero-order valence-electron chi connectivity index (χ0n) is 25.8. The minimum Gasteiger partial charge on any atom is -0.457 e. The van der Waals surface area contributed by atoms with Crippen molar-refractivity contribution in [3.8, 4) is 11.5 Å². The molecule has 224 valence electrons. The molecule has 0 atom stereocenters. The number of hydrogen-bond acceptors (Lipinski definition) is 5. The molecule has 0 aliphatic carbocycles. The summed E-state index contributed by atoms with van der Waals surface area (Å²) in [5.41, 5.74) is 6.55. The van der Waals surface area contributed by atoms with Gasteiger partial charge in [0.2, 0.25) is 0 Å². The largest absolute Gasteiger partial charge is 0.457 e. The Balaban J connectivity index is 1.10. The number of imidazole rings is 1. The van der Waals surface area contributed by atoms with Gasteiger partial charge in [0, 0.05) is 66.6 Å². The average Bonchev–Trinajstić information content (AvgIpc) is 3.74. The highest BCUT2D eigenvalue weighted by Crippen LogP contribution is 2.51. The summed E-state index contributed by atoms with van der Waals surface area (Å²) in [6, 6.07) is 40.6. The molecule has 5 heterocycles. The summed E-state index contributed by atoms with van der Waals surface area (Å²) in [6.45, 7) is 4.54. The van der Waals surface area contributed by atoms with Gasteiger partial charge in [0.1, 0.15) is 23.0 Å². The lowest BCUT2D eigenvalue weighted by Crippen LogP contribution is -2.31. The van der Waals surface area contributed by atoms with E-state index in [9.17, 15) is 0 Å². The number of thiophene rings is 1. The number of ether oxygens (including phenoxy) is 1. The highest BCUT2D eigenvalue weighted by Gasteiger charge is 2.37. The monoisotopic (exact) mass is 624 g/mol. The van der Waals surface area contributed by atoms with Crippen LogP contribution in [-0.2, 0) is 5.41 Å². The molecule has 47 heavy (non-hydrogen) atoms. The SMILES string of the molecule is CC1(C)c2ccccc2N(c2cccc(Oc3ccc4c(c3)c3nccn3c3c4ccc4sc5ccccc5c43)c2)c2ncccc21. The lowest BCUT2D eigenvalue weighted by molar-refractivity contribution is 0.483. The highest BCUT2D eigenvalue weighted by atomic mass is 32.1. The van der Waals surface area contributed by atoms with Crippen molar-refractivity contribution in [3.05, 3.63) is 145 Å². The molecule has 5 nitrogen and oxygen atoms in total. The van der Waals surface area contributed by atoms with E-state index in [0.29, 0.717) is 0 Å². The summed E-state index contributed by atoms with van der Waals surface area (Å²) in [4.78, 5) is 12.0. The Bertz CT molecular complexity index is 2670. The first-order chi connectivity index (χ1) is 23.1. The van der Waals surface area contributed by atoms with E-state index in [2.05, 4.69) is 126 Å². The van der Waals surface area contributed by atoms with Gasteiger partial charge in [-0.05, 0) is 65.5 Å². The molecule has 0 unspecified atom stereocenters. The molecule has 0 saturated carbocycles. The van der Waals surface area contributed by atoms with Crippen LogP contribution in [0.4, 0.5) is 17.2 Å². The van der Waals surface area contributed by atoms with Gasteiger partial charge in [-0.2, -0.15) is 0 Å². The Morgan fingerprint density at radius 1 is 0.638 bits per heavy atom. The predicted molar refractivity (Wildman–Crippen MR) is 194 cm³/mol. The Labute approximate surface area is 274 Å². The number of pyridine rings is 2. The summed E-state index contributed by atoms with van der Waals surface area (Å²) >= 11 is 1.84. The maximum atomic E-state index is 6.61. The second kappa shape index (κ2) is 9.64. The molecule has 0 fully saturated rings. The zero-order valence-corrected chi connectivity index (χ0v) is 26.6. The van der Waals surface area contributed by atoms with Crippen LogP contribution in [0.15, 0.2) is 134 Å². The summed E-state index contributed by atoms with van der Waals surface area (Å²) in [7, 11) is 0. The molecule has 0 amide bonds. The van der Waals surface area contributed by atoms with Gasteiger partial charge < -0.3 is 4.74 Å². The van der Waals surface area contributed by atoms with Crippen molar-refractivity contribution in [2.45, 2.75) is 19.3 Å². The number of fused-ring (bicyclic) bond motifs is 12. The van der Waals surface area contributed by atoms with Gasteiger partial charge in [-0.25, -0.2) is 9.97 Å². The molecule has 1 aliphatic rings. The van der Waals surface area contributed by atoms with Gasteiger partial charge in [0.15, 0.2) is 0 Å². The van der Waals surface area contributed by atoms with Gasteiger partial charge in [-0.3, -0.25) is 9.30 Å². The molecule has 1 aliphatic heterocycles. The molecule has 4 aromatic heterocycles. The molecule has 0 N–H and O–H groups in total. The lowest BCUT2D eigenvalue weighted by atomic mass is 9.74. The molecule has 10 rings (SSSR count). The quantitative estimate of drug-likeness (QED) is 0.183. The number of para-hydroxylation sites is 1. The molecule has 6 heteroatoms. The first kappa shape index (κ1) is 26.5. The number of nitrogens with zero attached hydrogens (tertiary/aromatic N) is 4. The molecule has 0 saturated heterocycles. The third-order valence-electron chi connectivity index (χ3n) is 9.72. The topological polar surface area (TPSA) is 42.7 Å². The smallest absolute Gasteiger partial charge is 0.145 e. The highest BCUT2D eigenvalue weighted by molar-refractivity contribution is 7.26. The second-order valence-electron chi connectivity index (χ2n) is 12.7. The lowest BCUT2D eigenvalue weighted by Gasteiger charge is -2.40. The Morgan fingerprint density at radius 2 is 1.47 bits per heavy atom. The average molecular weight is 625 g/mol. The van der Waals surface area contributed by atoms with Crippen molar-refractivity contribution in [1.82, 2.24) is 14.4 Å². The Kier molecular flexibility index (Phi) is 5.44. The molecule has 5 aromatic carbocycles. The van der Waals surface area contributed by atoms with Gasteiger partial charge in [0.25, 0.3) is 0 Å².